The number of nitriles is 1. The van der Waals surface area contributed by atoms with Crippen LogP contribution in [-0.4, -0.2) is 33.6 Å². The van der Waals surface area contributed by atoms with Gasteiger partial charge >= 0.3 is 12.4 Å². The Bertz CT molecular complexity index is 1380. The number of pyridine rings is 1. The number of nitrogens with one attached hydrogen (secondary N) is 1. The number of aromatic nitrogens is 3. The van der Waals surface area contributed by atoms with E-state index in [-0.39, 0.29) is 34.0 Å². The second-order valence-corrected chi connectivity index (χ2v) is 8.76. The lowest BCUT2D eigenvalue weighted by Gasteiger charge is -2.18. The Morgan fingerprint density at radius 3 is 2.39 bits per heavy atom. The van der Waals surface area contributed by atoms with Gasteiger partial charge in [0.1, 0.15) is 11.4 Å². The normalized spacial score (nSPS) is 15.3. The van der Waals surface area contributed by atoms with Gasteiger partial charge in [-0.25, -0.2) is 0 Å². The summed E-state index contributed by atoms with van der Waals surface area (Å²) in [6.07, 6.45) is -4.67. The standard InChI is InChI=1S/C25H19F6N5O2/c1-14(20-21(34-7-6-33-20)19-3-2-18(11-35-19)38-13-24(26,27)28)36-22(37)15-8-16(23(12-32)4-5-23)10-17(9-15)25(29,30)31/h2-3,6-11,14H,4-5,13H2,1H3,(H,36,37). The van der Waals surface area contributed by atoms with Crippen LogP contribution in [0, 0.1) is 11.3 Å². The fourth-order valence-corrected chi connectivity index (χ4v) is 3.77. The van der Waals surface area contributed by atoms with Crippen LogP contribution in [0.15, 0.2) is 48.9 Å². The summed E-state index contributed by atoms with van der Waals surface area (Å²) in [6, 6.07) is 6.72. The molecule has 2 aromatic heterocycles. The minimum absolute atomic E-state index is 0.121. The molecule has 1 N–H and O–H groups in total. The van der Waals surface area contributed by atoms with Crippen molar-refractivity contribution in [2.75, 3.05) is 6.61 Å². The molecule has 0 spiro atoms. The highest BCUT2D eigenvalue weighted by Crippen LogP contribution is 2.49. The maximum absolute atomic E-state index is 13.5. The number of amides is 1. The van der Waals surface area contributed by atoms with Crippen molar-refractivity contribution in [3.63, 3.8) is 0 Å². The van der Waals surface area contributed by atoms with E-state index in [4.69, 9.17) is 0 Å². The molecule has 1 aliphatic rings. The lowest BCUT2D eigenvalue weighted by atomic mass is 9.93. The van der Waals surface area contributed by atoms with Gasteiger partial charge in [0.2, 0.25) is 0 Å². The van der Waals surface area contributed by atoms with Crippen LogP contribution in [0.4, 0.5) is 26.3 Å². The third kappa shape index (κ3) is 6.01. The summed E-state index contributed by atoms with van der Waals surface area (Å²) in [5.74, 6) is -0.942. The minimum Gasteiger partial charge on any atom is -0.483 e. The molecule has 13 heteroatoms. The molecule has 198 valence electrons. The second-order valence-electron chi connectivity index (χ2n) is 8.76. The monoisotopic (exact) mass is 535 g/mol. The van der Waals surface area contributed by atoms with Crippen LogP contribution in [0.5, 0.6) is 5.75 Å². The van der Waals surface area contributed by atoms with E-state index in [2.05, 4.69) is 25.0 Å². The molecule has 1 atom stereocenters. The number of alkyl halides is 6. The lowest BCUT2D eigenvalue weighted by molar-refractivity contribution is -0.153. The average Bonchev–Trinajstić information content (AvgIpc) is 3.68. The van der Waals surface area contributed by atoms with Gasteiger partial charge in [0.05, 0.1) is 40.7 Å². The van der Waals surface area contributed by atoms with Gasteiger partial charge in [0.25, 0.3) is 5.91 Å². The number of ether oxygens (including phenoxy) is 1. The van der Waals surface area contributed by atoms with Gasteiger partial charge in [-0.05, 0) is 55.7 Å². The zero-order chi connectivity index (χ0) is 27.7. The zero-order valence-corrected chi connectivity index (χ0v) is 19.7. The number of hydrogen-bond acceptors (Lipinski definition) is 6. The number of hydrogen-bond donors (Lipinski definition) is 1. The van der Waals surface area contributed by atoms with Crippen molar-refractivity contribution in [1.82, 2.24) is 20.3 Å². The number of nitrogens with zero attached hydrogens (tertiary/aromatic N) is 4. The van der Waals surface area contributed by atoms with E-state index in [1.165, 1.54) is 30.6 Å². The highest BCUT2D eigenvalue weighted by atomic mass is 19.4. The average molecular weight is 535 g/mol. The molecule has 2 heterocycles. The summed E-state index contributed by atoms with van der Waals surface area (Å²) in [5, 5.41) is 12.0. The van der Waals surface area contributed by atoms with Crippen molar-refractivity contribution in [3.05, 3.63) is 71.3 Å². The highest BCUT2D eigenvalue weighted by Gasteiger charge is 2.46. The van der Waals surface area contributed by atoms with Crippen LogP contribution in [-0.2, 0) is 11.6 Å². The molecule has 1 saturated carbocycles. The number of carbonyl (C=O) groups is 1. The van der Waals surface area contributed by atoms with E-state index < -0.39 is 41.9 Å². The summed E-state index contributed by atoms with van der Waals surface area (Å²) in [7, 11) is 0. The quantitative estimate of drug-likeness (QED) is 0.399. The Labute approximate surface area is 212 Å². The van der Waals surface area contributed by atoms with Gasteiger partial charge in [-0.15, -0.1) is 0 Å². The predicted octanol–water partition coefficient (Wildman–Crippen LogP) is 5.54. The first-order chi connectivity index (χ1) is 17.8. The van der Waals surface area contributed by atoms with E-state index in [0.717, 1.165) is 18.3 Å². The summed E-state index contributed by atoms with van der Waals surface area (Å²) >= 11 is 0. The Kier molecular flexibility index (Phi) is 7.01. The van der Waals surface area contributed by atoms with Gasteiger partial charge in [-0.3, -0.25) is 19.7 Å². The minimum atomic E-state index is -4.72. The third-order valence-corrected chi connectivity index (χ3v) is 5.90. The van der Waals surface area contributed by atoms with Crippen LogP contribution < -0.4 is 10.1 Å². The molecule has 0 saturated heterocycles. The molecular formula is C25H19F6N5O2. The van der Waals surface area contributed by atoms with Crippen molar-refractivity contribution in [2.45, 2.75) is 43.6 Å². The molecule has 4 rings (SSSR count). The number of carbonyl (C=O) groups excluding carboxylic acids is 1. The van der Waals surface area contributed by atoms with Crippen LogP contribution in [0.25, 0.3) is 11.4 Å². The Balaban J connectivity index is 1.57. The lowest BCUT2D eigenvalue weighted by Crippen LogP contribution is -2.28. The molecular weight excluding hydrogens is 516 g/mol. The van der Waals surface area contributed by atoms with Crippen LogP contribution in [0.1, 0.15) is 53.0 Å². The van der Waals surface area contributed by atoms with Crippen molar-refractivity contribution >= 4 is 5.91 Å². The number of halogens is 6. The molecule has 1 aromatic carbocycles. The molecule has 1 aliphatic carbocycles. The van der Waals surface area contributed by atoms with E-state index in [1.807, 2.05) is 6.07 Å². The van der Waals surface area contributed by atoms with Gasteiger partial charge in [-0.2, -0.15) is 31.6 Å². The molecule has 3 aromatic rings. The smallest absolute Gasteiger partial charge is 0.422 e. The maximum atomic E-state index is 13.5. The molecule has 1 unspecified atom stereocenters. The van der Waals surface area contributed by atoms with Crippen molar-refractivity contribution in [1.29, 1.82) is 5.26 Å². The summed E-state index contributed by atoms with van der Waals surface area (Å²) in [4.78, 5) is 25.5. The van der Waals surface area contributed by atoms with Gasteiger partial charge in [0.15, 0.2) is 6.61 Å². The molecule has 1 fully saturated rings. The van der Waals surface area contributed by atoms with Crippen molar-refractivity contribution in [2.24, 2.45) is 0 Å². The van der Waals surface area contributed by atoms with Crippen molar-refractivity contribution in [3.8, 4) is 23.2 Å². The Hall–Kier alpha value is -4.21. The third-order valence-electron chi connectivity index (χ3n) is 5.90. The molecule has 0 bridgehead atoms. The number of benzene rings is 1. The van der Waals surface area contributed by atoms with E-state index in [1.54, 1.807) is 6.92 Å². The van der Waals surface area contributed by atoms with E-state index in [0.29, 0.717) is 12.8 Å². The van der Waals surface area contributed by atoms with E-state index in [9.17, 15) is 36.4 Å². The van der Waals surface area contributed by atoms with Crippen molar-refractivity contribution < 1.29 is 35.9 Å². The maximum Gasteiger partial charge on any atom is 0.422 e. The molecule has 0 aliphatic heterocycles. The first-order valence-electron chi connectivity index (χ1n) is 11.2. The first kappa shape index (κ1) is 26.8. The largest absolute Gasteiger partial charge is 0.483 e. The second kappa shape index (κ2) is 9.92. The van der Waals surface area contributed by atoms with Gasteiger partial charge < -0.3 is 10.1 Å². The highest BCUT2D eigenvalue weighted by molar-refractivity contribution is 5.95. The summed E-state index contributed by atoms with van der Waals surface area (Å²) in [5.41, 5.74) is -1.57. The molecule has 7 nitrogen and oxygen atoms in total. The Morgan fingerprint density at radius 2 is 1.82 bits per heavy atom. The topological polar surface area (TPSA) is 101 Å². The van der Waals surface area contributed by atoms with Gasteiger partial charge in [0, 0.05) is 18.0 Å². The Morgan fingerprint density at radius 1 is 1.11 bits per heavy atom. The fraction of sp³-hybridized carbons (Fsp3) is 0.320. The summed E-state index contributed by atoms with van der Waals surface area (Å²) in [6.45, 7) is 0.0542. The fourth-order valence-electron chi connectivity index (χ4n) is 3.77. The van der Waals surface area contributed by atoms with Gasteiger partial charge in [-0.1, -0.05) is 0 Å². The zero-order valence-electron chi connectivity index (χ0n) is 19.7. The van der Waals surface area contributed by atoms with Crippen LogP contribution >= 0.6 is 0 Å². The first-order valence-corrected chi connectivity index (χ1v) is 11.2. The summed E-state index contributed by atoms with van der Waals surface area (Å²) < 4.78 is 82.3. The molecule has 38 heavy (non-hydrogen) atoms. The SMILES string of the molecule is CC(NC(=O)c1cc(C(F)(F)F)cc(C2(C#N)CC2)c1)c1nccnc1-c1ccc(OCC(F)(F)F)cn1. The van der Waals surface area contributed by atoms with Crippen LogP contribution in [0.3, 0.4) is 0 Å². The molecule has 0 radical (unpaired) electrons. The predicted molar refractivity (Wildman–Crippen MR) is 121 cm³/mol. The number of rotatable bonds is 7. The van der Waals surface area contributed by atoms with Crippen LogP contribution in [0.2, 0.25) is 0 Å². The van der Waals surface area contributed by atoms with E-state index >= 15 is 0 Å². The molecule has 1 amide bonds.